The van der Waals surface area contributed by atoms with E-state index >= 15 is 0 Å². The Kier molecular flexibility index (Phi) is 9.22. The number of hydrogen-bond donors (Lipinski definition) is 1. The minimum Gasteiger partial charge on any atom is -0.352 e. The fraction of sp³-hybridized carbons (Fsp3) is 0.250. The van der Waals surface area contributed by atoms with Crippen LogP contribution in [0.1, 0.15) is 25.0 Å². The van der Waals surface area contributed by atoms with Gasteiger partial charge in [-0.15, -0.1) is 0 Å². The molecule has 4 aromatic carbocycles. The second kappa shape index (κ2) is 12.8. The predicted molar refractivity (Wildman–Crippen MR) is 160 cm³/mol. The van der Waals surface area contributed by atoms with E-state index < -0.39 is 28.5 Å². The van der Waals surface area contributed by atoms with E-state index in [1.807, 2.05) is 105 Å². The highest BCUT2D eigenvalue weighted by atomic mass is 32.2. The lowest BCUT2D eigenvalue weighted by atomic mass is 10.0. The molecule has 4 rings (SSSR count). The molecular weight excluding hydrogens is 522 g/mol. The summed E-state index contributed by atoms with van der Waals surface area (Å²) in [4.78, 5) is 29.3. The summed E-state index contributed by atoms with van der Waals surface area (Å²) >= 11 is 0. The number of carbonyl (C=O) groups is 2. The first-order valence-electron chi connectivity index (χ1n) is 13.3. The second-order valence-corrected chi connectivity index (χ2v) is 12.1. The summed E-state index contributed by atoms with van der Waals surface area (Å²) in [6, 6.07) is 30.7. The van der Waals surface area contributed by atoms with E-state index in [1.54, 1.807) is 12.1 Å². The zero-order valence-electron chi connectivity index (χ0n) is 23.0. The Bertz CT molecular complexity index is 1550. The zero-order valence-corrected chi connectivity index (χ0v) is 23.8. The van der Waals surface area contributed by atoms with Gasteiger partial charge < -0.3 is 10.2 Å². The Labute approximate surface area is 236 Å². The average Bonchev–Trinajstić information content (AvgIpc) is 2.93. The normalized spacial score (nSPS) is 12.2. The van der Waals surface area contributed by atoms with E-state index in [2.05, 4.69) is 5.32 Å². The van der Waals surface area contributed by atoms with Crippen molar-refractivity contribution in [2.45, 2.75) is 38.9 Å². The lowest BCUT2D eigenvalue weighted by Gasteiger charge is -2.34. The van der Waals surface area contributed by atoms with Crippen molar-refractivity contribution in [1.29, 1.82) is 0 Å². The number of anilines is 1. The van der Waals surface area contributed by atoms with Crippen molar-refractivity contribution >= 4 is 38.3 Å². The Balaban J connectivity index is 1.77. The first-order valence-corrected chi connectivity index (χ1v) is 15.1. The van der Waals surface area contributed by atoms with Crippen LogP contribution in [-0.2, 0) is 32.6 Å². The summed E-state index contributed by atoms with van der Waals surface area (Å²) in [7, 11) is -3.85. The van der Waals surface area contributed by atoms with Crippen molar-refractivity contribution in [3.05, 3.63) is 114 Å². The quantitative estimate of drug-likeness (QED) is 0.288. The third-order valence-electron chi connectivity index (χ3n) is 6.61. The van der Waals surface area contributed by atoms with Gasteiger partial charge in [0.15, 0.2) is 0 Å². The number of benzene rings is 4. The van der Waals surface area contributed by atoms with Gasteiger partial charge in [0, 0.05) is 24.4 Å². The highest BCUT2D eigenvalue weighted by molar-refractivity contribution is 7.92. The fourth-order valence-electron chi connectivity index (χ4n) is 4.74. The van der Waals surface area contributed by atoms with Crippen LogP contribution in [0.3, 0.4) is 0 Å². The highest BCUT2D eigenvalue weighted by Crippen LogP contribution is 2.29. The number of fused-ring (bicyclic) bond motifs is 1. The molecule has 4 aromatic rings. The summed E-state index contributed by atoms with van der Waals surface area (Å²) in [5, 5.41) is 4.54. The van der Waals surface area contributed by atoms with Gasteiger partial charge in [-0.05, 0) is 36.4 Å². The van der Waals surface area contributed by atoms with Crippen molar-refractivity contribution in [3.63, 3.8) is 0 Å². The van der Waals surface area contributed by atoms with Gasteiger partial charge in [0.25, 0.3) is 0 Å². The Morgan fingerprint density at radius 2 is 1.35 bits per heavy atom. The number of carbonyl (C=O) groups excluding carboxylic acids is 2. The molecule has 1 atom stereocenters. The van der Waals surface area contributed by atoms with Crippen LogP contribution in [0.25, 0.3) is 10.8 Å². The average molecular weight is 558 g/mol. The molecule has 0 aliphatic carbocycles. The summed E-state index contributed by atoms with van der Waals surface area (Å²) in [6.45, 7) is 3.44. The number of nitrogens with zero attached hydrogens (tertiary/aromatic N) is 2. The standard InChI is InChI=1S/C32H35N3O4S/c1-24(2)33-32(37)30(21-25-13-6-4-7-14-25)34(22-26-15-8-5-9-16-26)31(36)23-35(40(3,38)39)29-20-12-18-27-17-10-11-19-28(27)29/h4-20,24,30H,21-23H2,1-3H3,(H,33,37)/t30-/m0/s1. The number of sulfonamides is 1. The van der Waals surface area contributed by atoms with Crippen LogP contribution in [0, 0.1) is 0 Å². The number of hydrogen-bond acceptors (Lipinski definition) is 4. The molecule has 0 aliphatic rings. The monoisotopic (exact) mass is 557 g/mol. The van der Waals surface area contributed by atoms with Gasteiger partial charge in [0.1, 0.15) is 12.6 Å². The van der Waals surface area contributed by atoms with Crippen LogP contribution in [0.2, 0.25) is 0 Å². The predicted octanol–water partition coefficient (Wildman–Crippen LogP) is 4.77. The van der Waals surface area contributed by atoms with Gasteiger partial charge in [-0.25, -0.2) is 8.42 Å². The fourth-order valence-corrected chi connectivity index (χ4v) is 5.60. The molecule has 0 aliphatic heterocycles. The minimum absolute atomic E-state index is 0.136. The van der Waals surface area contributed by atoms with Gasteiger partial charge >= 0.3 is 0 Å². The molecule has 0 radical (unpaired) electrons. The molecule has 0 unspecified atom stereocenters. The summed E-state index contributed by atoms with van der Waals surface area (Å²) in [5.41, 5.74) is 2.15. The van der Waals surface area contributed by atoms with Gasteiger partial charge in [-0.1, -0.05) is 97.1 Å². The molecule has 7 nitrogen and oxygen atoms in total. The lowest BCUT2D eigenvalue weighted by Crippen LogP contribution is -2.54. The van der Waals surface area contributed by atoms with Crippen molar-refractivity contribution in [2.75, 3.05) is 17.1 Å². The third kappa shape index (κ3) is 7.27. The highest BCUT2D eigenvalue weighted by Gasteiger charge is 2.33. The second-order valence-electron chi connectivity index (χ2n) is 10.1. The van der Waals surface area contributed by atoms with E-state index in [0.29, 0.717) is 5.69 Å². The van der Waals surface area contributed by atoms with Gasteiger partial charge in [0.2, 0.25) is 21.8 Å². The Hall–Kier alpha value is -4.17. The van der Waals surface area contributed by atoms with Crippen molar-refractivity contribution < 1.29 is 18.0 Å². The Morgan fingerprint density at radius 1 is 0.775 bits per heavy atom. The molecule has 0 fully saturated rings. The maximum atomic E-state index is 14.2. The summed E-state index contributed by atoms with van der Waals surface area (Å²) in [5.74, 6) is -0.763. The summed E-state index contributed by atoms with van der Waals surface area (Å²) < 4.78 is 27.4. The summed E-state index contributed by atoms with van der Waals surface area (Å²) in [6.07, 6.45) is 1.38. The minimum atomic E-state index is -3.85. The van der Waals surface area contributed by atoms with Crippen LogP contribution in [0.15, 0.2) is 103 Å². The molecule has 0 saturated carbocycles. The van der Waals surface area contributed by atoms with Crippen molar-refractivity contribution in [3.8, 4) is 0 Å². The van der Waals surface area contributed by atoms with Crippen molar-refractivity contribution in [2.24, 2.45) is 0 Å². The first kappa shape index (κ1) is 28.8. The van der Waals surface area contributed by atoms with Gasteiger partial charge in [-0.2, -0.15) is 0 Å². The number of rotatable bonds is 11. The molecule has 40 heavy (non-hydrogen) atoms. The van der Waals surface area contributed by atoms with Crippen LogP contribution >= 0.6 is 0 Å². The van der Waals surface area contributed by atoms with E-state index in [9.17, 15) is 18.0 Å². The molecule has 0 spiro atoms. The molecule has 0 heterocycles. The van der Waals surface area contributed by atoms with Crippen LogP contribution in [0.4, 0.5) is 5.69 Å². The molecule has 208 valence electrons. The number of nitrogens with one attached hydrogen (secondary N) is 1. The molecule has 1 N–H and O–H groups in total. The molecular formula is C32H35N3O4S. The van der Waals surface area contributed by atoms with E-state index in [0.717, 1.165) is 32.5 Å². The number of amides is 2. The molecule has 8 heteroatoms. The van der Waals surface area contributed by atoms with Crippen LogP contribution in [-0.4, -0.2) is 50.0 Å². The molecule has 0 aromatic heterocycles. The third-order valence-corrected chi connectivity index (χ3v) is 7.74. The van der Waals surface area contributed by atoms with Gasteiger partial charge in [0.05, 0.1) is 11.9 Å². The molecule has 0 saturated heterocycles. The van der Waals surface area contributed by atoms with Gasteiger partial charge in [-0.3, -0.25) is 13.9 Å². The maximum absolute atomic E-state index is 14.2. The van der Waals surface area contributed by atoms with Crippen LogP contribution < -0.4 is 9.62 Å². The molecule has 2 amide bonds. The van der Waals surface area contributed by atoms with E-state index in [4.69, 9.17) is 0 Å². The topological polar surface area (TPSA) is 86.8 Å². The first-order chi connectivity index (χ1) is 19.1. The van der Waals surface area contributed by atoms with Crippen molar-refractivity contribution in [1.82, 2.24) is 10.2 Å². The SMILES string of the molecule is CC(C)NC(=O)[C@H](Cc1ccccc1)N(Cc1ccccc1)C(=O)CN(c1cccc2ccccc12)S(C)(=O)=O. The zero-order chi connectivity index (χ0) is 28.7. The molecule has 0 bridgehead atoms. The maximum Gasteiger partial charge on any atom is 0.244 e. The Morgan fingerprint density at radius 3 is 1.98 bits per heavy atom. The van der Waals surface area contributed by atoms with E-state index in [1.165, 1.54) is 4.90 Å². The smallest absolute Gasteiger partial charge is 0.244 e. The van der Waals surface area contributed by atoms with Crippen LogP contribution in [0.5, 0.6) is 0 Å². The van der Waals surface area contributed by atoms with E-state index in [-0.39, 0.29) is 24.9 Å². The largest absolute Gasteiger partial charge is 0.352 e. The lowest BCUT2D eigenvalue weighted by molar-refractivity contribution is -0.140.